The van der Waals surface area contributed by atoms with Crippen LogP contribution in [-0.2, 0) is 11.2 Å². The maximum absolute atomic E-state index is 14.0. The number of hydrogen-bond donors (Lipinski definition) is 1. The molecule has 0 spiro atoms. The van der Waals surface area contributed by atoms with E-state index in [9.17, 15) is 13.6 Å². The minimum absolute atomic E-state index is 0.0121. The second-order valence-corrected chi connectivity index (χ2v) is 7.50. The van der Waals surface area contributed by atoms with Gasteiger partial charge in [-0.1, -0.05) is 47.5 Å². The smallest absolute Gasteiger partial charge is 0.303 e. The number of alkyl halides is 2. The SMILES string of the molecule is Cc1ccc(C2=C(COc3ccc(CCC(=O)O)c(Cl)c3)CC(F)(F)C2)cc1. The van der Waals surface area contributed by atoms with Gasteiger partial charge in [-0.15, -0.1) is 0 Å². The standard InChI is InChI=1S/C22H21ClF2O3/c1-14-2-4-15(5-3-14)19-12-22(24,25)11-17(19)13-28-18-8-6-16(20(23)10-18)7-9-21(26)27/h2-6,8,10H,7,9,11-13H2,1H3,(H,26,27). The minimum atomic E-state index is -2.77. The fraction of sp³-hybridized carbons (Fsp3) is 0.318. The van der Waals surface area contributed by atoms with Crippen LogP contribution in [0.5, 0.6) is 5.75 Å². The van der Waals surface area contributed by atoms with Crippen molar-refractivity contribution in [3.63, 3.8) is 0 Å². The van der Waals surface area contributed by atoms with Crippen LogP contribution in [-0.4, -0.2) is 23.6 Å². The number of ether oxygens (including phenoxy) is 1. The third-order valence-corrected chi connectivity index (χ3v) is 5.13. The van der Waals surface area contributed by atoms with E-state index in [1.807, 2.05) is 31.2 Å². The van der Waals surface area contributed by atoms with E-state index in [4.69, 9.17) is 21.4 Å². The van der Waals surface area contributed by atoms with E-state index in [2.05, 4.69) is 0 Å². The molecule has 0 aliphatic heterocycles. The molecule has 148 valence electrons. The molecule has 6 heteroatoms. The highest BCUT2D eigenvalue weighted by atomic mass is 35.5. The third kappa shape index (κ3) is 5.10. The molecule has 0 saturated heterocycles. The molecule has 0 aromatic heterocycles. The van der Waals surface area contributed by atoms with Crippen molar-refractivity contribution in [3.05, 3.63) is 69.8 Å². The molecule has 1 aliphatic rings. The predicted molar refractivity (Wildman–Crippen MR) is 105 cm³/mol. The van der Waals surface area contributed by atoms with Crippen LogP contribution in [0, 0.1) is 6.92 Å². The van der Waals surface area contributed by atoms with Crippen molar-refractivity contribution in [2.24, 2.45) is 0 Å². The highest BCUT2D eigenvalue weighted by Gasteiger charge is 2.39. The summed E-state index contributed by atoms with van der Waals surface area (Å²) in [7, 11) is 0. The van der Waals surface area contributed by atoms with Crippen molar-refractivity contribution in [3.8, 4) is 5.75 Å². The van der Waals surface area contributed by atoms with Gasteiger partial charge in [0.05, 0.1) is 0 Å². The summed E-state index contributed by atoms with van der Waals surface area (Å²) in [5.41, 5.74) is 3.80. The van der Waals surface area contributed by atoms with Crippen LogP contribution in [0.2, 0.25) is 5.02 Å². The Kier molecular flexibility index (Phi) is 6.04. The monoisotopic (exact) mass is 406 g/mol. The lowest BCUT2D eigenvalue weighted by molar-refractivity contribution is -0.136. The quantitative estimate of drug-likeness (QED) is 0.620. The Morgan fingerprint density at radius 2 is 1.89 bits per heavy atom. The van der Waals surface area contributed by atoms with Gasteiger partial charge in [-0.2, -0.15) is 0 Å². The van der Waals surface area contributed by atoms with Gasteiger partial charge < -0.3 is 9.84 Å². The van der Waals surface area contributed by atoms with Crippen molar-refractivity contribution < 1.29 is 23.4 Å². The van der Waals surface area contributed by atoms with Crippen LogP contribution >= 0.6 is 11.6 Å². The summed E-state index contributed by atoms with van der Waals surface area (Å²) < 4.78 is 33.8. The van der Waals surface area contributed by atoms with Gasteiger partial charge in [0.1, 0.15) is 12.4 Å². The molecular weight excluding hydrogens is 386 g/mol. The molecular formula is C22H21ClF2O3. The molecule has 0 atom stereocenters. The average molecular weight is 407 g/mol. The maximum atomic E-state index is 14.0. The molecule has 0 fully saturated rings. The molecule has 0 unspecified atom stereocenters. The molecule has 0 amide bonds. The summed E-state index contributed by atoms with van der Waals surface area (Å²) in [4.78, 5) is 10.7. The largest absolute Gasteiger partial charge is 0.489 e. The van der Waals surface area contributed by atoms with Gasteiger partial charge in [0.2, 0.25) is 0 Å². The molecule has 2 aromatic rings. The number of carboxylic acid groups (broad SMARTS) is 1. The summed E-state index contributed by atoms with van der Waals surface area (Å²) in [6, 6.07) is 12.5. The first-order chi connectivity index (χ1) is 13.2. The minimum Gasteiger partial charge on any atom is -0.489 e. The number of benzene rings is 2. The van der Waals surface area contributed by atoms with Gasteiger partial charge in [-0.3, -0.25) is 4.79 Å². The van der Waals surface area contributed by atoms with Crippen LogP contribution in [0.3, 0.4) is 0 Å². The Hall–Kier alpha value is -2.40. The Morgan fingerprint density at radius 3 is 2.54 bits per heavy atom. The molecule has 3 rings (SSSR count). The maximum Gasteiger partial charge on any atom is 0.303 e. The summed E-state index contributed by atoms with van der Waals surface area (Å²) in [6.45, 7) is 2.01. The molecule has 28 heavy (non-hydrogen) atoms. The van der Waals surface area contributed by atoms with Crippen molar-refractivity contribution in [1.82, 2.24) is 0 Å². The van der Waals surface area contributed by atoms with E-state index in [0.717, 1.165) is 11.1 Å². The van der Waals surface area contributed by atoms with Crippen molar-refractivity contribution in [2.45, 2.75) is 38.5 Å². The fourth-order valence-corrected chi connectivity index (χ4v) is 3.56. The van der Waals surface area contributed by atoms with Gasteiger partial charge in [-0.05, 0) is 47.8 Å². The second-order valence-electron chi connectivity index (χ2n) is 7.09. The van der Waals surface area contributed by atoms with E-state index in [1.54, 1.807) is 18.2 Å². The van der Waals surface area contributed by atoms with Crippen LogP contribution < -0.4 is 4.74 Å². The number of carboxylic acids is 1. The Balaban J connectivity index is 1.74. The summed E-state index contributed by atoms with van der Waals surface area (Å²) >= 11 is 6.19. The van der Waals surface area contributed by atoms with Crippen molar-refractivity contribution >= 4 is 23.1 Å². The van der Waals surface area contributed by atoms with E-state index in [1.165, 1.54) is 0 Å². The lowest BCUT2D eigenvalue weighted by Gasteiger charge is -2.12. The van der Waals surface area contributed by atoms with Gasteiger partial charge in [0.25, 0.3) is 5.92 Å². The van der Waals surface area contributed by atoms with Gasteiger partial charge in [0.15, 0.2) is 0 Å². The molecule has 0 radical (unpaired) electrons. The van der Waals surface area contributed by atoms with Crippen molar-refractivity contribution in [2.75, 3.05) is 6.61 Å². The van der Waals surface area contributed by atoms with E-state index < -0.39 is 11.9 Å². The summed E-state index contributed by atoms with van der Waals surface area (Å²) in [5.74, 6) is -3.19. The Bertz CT molecular complexity index is 904. The third-order valence-electron chi connectivity index (χ3n) is 4.78. The molecule has 1 N–H and O–H groups in total. The van der Waals surface area contributed by atoms with Crippen LogP contribution in [0.25, 0.3) is 5.57 Å². The second kappa shape index (κ2) is 8.31. The number of aryl methyl sites for hydroxylation is 2. The molecule has 0 bridgehead atoms. The Morgan fingerprint density at radius 1 is 1.18 bits per heavy atom. The number of allylic oxidation sites excluding steroid dienone is 1. The molecule has 2 aromatic carbocycles. The summed E-state index contributed by atoms with van der Waals surface area (Å²) in [5, 5.41) is 9.17. The lowest BCUT2D eigenvalue weighted by Crippen LogP contribution is -2.11. The van der Waals surface area contributed by atoms with Crippen LogP contribution in [0.1, 0.15) is 36.0 Å². The first-order valence-electron chi connectivity index (χ1n) is 9.02. The zero-order valence-corrected chi connectivity index (χ0v) is 16.2. The molecule has 3 nitrogen and oxygen atoms in total. The molecule has 1 aliphatic carbocycles. The van der Waals surface area contributed by atoms with E-state index in [0.29, 0.717) is 33.9 Å². The van der Waals surface area contributed by atoms with Crippen LogP contribution in [0.15, 0.2) is 48.0 Å². The number of hydrogen-bond acceptors (Lipinski definition) is 2. The van der Waals surface area contributed by atoms with Crippen LogP contribution in [0.4, 0.5) is 8.78 Å². The number of aliphatic carboxylic acids is 1. The number of rotatable bonds is 7. The number of halogens is 3. The first kappa shape index (κ1) is 20.3. The normalized spacial score (nSPS) is 15.7. The topological polar surface area (TPSA) is 46.5 Å². The number of carbonyl (C=O) groups is 1. The fourth-order valence-electron chi connectivity index (χ4n) is 3.30. The highest BCUT2D eigenvalue weighted by molar-refractivity contribution is 6.31. The zero-order valence-electron chi connectivity index (χ0n) is 15.5. The summed E-state index contributed by atoms with van der Waals surface area (Å²) in [6.07, 6.45) is -0.296. The van der Waals surface area contributed by atoms with E-state index in [-0.39, 0.29) is 25.9 Å². The van der Waals surface area contributed by atoms with Gasteiger partial charge in [-0.25, -0.2) is 8.78 Å². The van der Waals surface area contributed by atoms with Crippen molar-refractivity contribution in [1.29, 1.82) is 0 Å². The average Bonchev–Trinajstić information content (AvgIpc) is 2.94. The first-order valence-corrected chi connectivity index (χ1v) is 9.40. The van der Waals surface area contributed by atoms with E-state index >= 15 is 0 Å². The van der Waals surface area contributed by atoms with Gasteiger partial charge >= 0.3 is 5.97 Å². The Labute approximate surface area is 167 Å². The predicted octanol–water partition coefficient (Wildman–Crippen LogP) is 5.93. The lowest BCUT2D eigenvalue weighted by atomic mass is 10.0. The zero-order chi connectivity index (χ0) is 20.3. The van der Waals surface area contributed by atoms with Gasteiger partial charge in [0, 0.05) is 24.3 Å². The molecule has 0 saturated carbocycles. The highest BCUT2D eigenvalue weighted by Crippen LogP contribution is 2.44. The molecule has 0 heterocycles.